The lowest BCUT2D eigenvalue weighted by atomic mass is 10.1. The Balaban J connectivity index is 1.95. The molecule has 0 aliphatic carbocycles. The molecule has 0 aromatic heterocycles. The van der Waals surface area contributed by atoms with Crippen LogP contribution in [0.25, 0.3) is 0 Å². The topological polar surface area (TPSA) is 35.5 Å². The van der Waals surface area contributed by atoms with Crippen LogP contribution in [-0.4, -0.2) is 11.6 Å². The highest BCUT2D eigenvalue weighted by Gasteiger charge is 2.16. The summed E-state index contributed by atoms with van der Waals surface area (Å²) in [6.45, 7) is 5.58. The lowest BCUT2D eigenvalue weighted by Crippen LogP contribution is -2.24. The molecule has 0 aliphatic rings. The number of ether oxygens (including phenoxy) is 2. The van der Waals surface area contributed by atoms with Crippen molar-refractivity contribution in [3.8, 4) is 11.5 Å². The maximum absolute atomic E-state index is 11.8. The van der Waals surface area contributed by atoms with E-state index in [4.69, 9.17) is 9.47 Å². The molecule has 0 radical (unpaired) electrons. The first kappa shape index (κ1) is 16.4. The van der Waals surface area contributed by atoms with Crippen LogP contribution in [0.5, 0.6) is 11.5 Å². The van der Waals surface area contributed by atoms with Crippen LogP contribution in [0, 0.1) is 0 Å². The molecule has 0 fully saturated rings. The molecule has 0 unspecified atom stereocenters. The molecule has 2 aromatic rings. The van der Waals surface area contributed by atoms with Crippen molar-refractivity contribution >= 4 is 18.6 Å². The van der Waals surface area contributed by atoms with Gasteiger partial charge in [0.25, 0.3) is 0 Å². The average Bonchev–Trinajstić information content (AvgIpc) is 2.41. The number of benzene rings is 2. The second-order valence-electron chi connectivity index (χ2n) is 6.00. The lowest BCUT2D eigenvalue weighted by molar-refractivity contribution is -0.153. The van der Waals surface area contributed by atoms with Gasteiger partial charge in [-0.15, -0.1) is 12.6 Å². The van der Waals surface area contributed by atoms with Crippen molar-refractivity contribution < 1.29 is 14.3 Å². The van der Waals surface area contributed by atoms with Gasteiger partial charge in [-0.25, -0.2) is 0 Å². The highest BCUT2D eigenvalue weighted by Crippen LogP contribution is 2.23. The quantitative estimate of drug-likeness (QED) is 0.658. The summed E-state index contributed by atoms with van der Waals surface area (Å²) in [5.74, 6) is 1.24. The minimum absolute atomic E-state index is 0.231. The van der Waals surface area contributed by atoms with Crippen molar-refractivity contribution in [2.45, 2.75) is 37.7 Å². The second-order valence-corrected chi connectivity index (χ2v) is 6.52. The normalized spacial score (nSPS) is 11.1. The molecule has 116 valence electrons. The van der Waals surface area contributed by atoms with Gasteiger partial charge in [-0.05, 0) is 62.7 Å². The van der Waals surface area contributed by atoms with Gasteiger partial charge in [-0.2, -0.15) is 0 Å². The largest absolute Gasteiger partial charge is 0.460 e. The second kappa shape index (κ2) is 6.88. The molecule has 2 rings (SSSR count). The zero-order chi connectivity index (χ0) is 16.2. The van der Waals surface area contributed by atoms with Gasteiger partial charge in [0.05, 0.1) is 6.42 Å². The minimum Gasteiger partial charge on any atom is -0.460 e. The number of hydrogen-bond donors (Lipinski definition) is 1. The van der Waals surface area contributed by atoms with Gasteiger partial charge in [-0.3, -0.25) is 4.79 Å². The Bertz CT molecular complexity index is 625. The molecule has 4 heteroatoms. The summed E-state index contributed by atoms with van der Waals surface area (Å²) in [6.07, 6.45) is 0.256. The van der Waals surface area contributed by atoms with E-state index in [1.165, 1.54) is 0 Å². The molecule has 0 aliphatic heterocycles. The van der Waals surface area contributed by atoms with E-state index in [0.29, 0.717) is 0 Å². The Kier molecular flexibility index (Phi) is 5.14. The van der Waals surface area contributed by atoms with Gasteiger partial charge in [0, 0.05) is 4.90 Å². The monoisotopic (exact) mass is 316 g/mol. The zero-order valence-corrected chi connectivity index (χ0v) is 13.9. The predicted molar refractivity (Wildman–Crippen MR) is 89.8 cm³/mol. The highest BCUT2D eigenvalue weighted by atomic mass is 32.1. The van der Waals surface area contributed by atoms with Gasteiger partial charge in [0.2, 0.25) is 0 Å². The van der Waals surface area contributed by atoms with Gasteiger partial charge >= 0.3 is 5.97 Å². The van der Waals surface area contributed by atoms with Crippen LogP contribution in [0.15, 0.2) is 53.4 Å². The molecule has 0 spiro atoms. The Morgan fingerprint density at radius 3 is 1.95 bits per heavy atom. The summed E-state index contributed by atoms with van der Waals surface area (Å²) < 4.78 is 11.0. The van der Waals surface area contributed by atoms with Crippen molar-refractivity contribution in [2.75, 3.05) is 0 Å². The van der Waals surface area contributed by atoms with E-state index in [-0.39, 0.29) is 12.4 Å². The first-order chi connectivity index (χ1) is 10.3. The fourth-order valence-electron chi connectivity index (χ4n) is 1.87. The number of esters is 1. The van der Waals surface area contributed by atoms with Crippen molar-refractivity contribution in [1.82, 2.24) is 0 Å². The molecule has 0 heterocycles. The Labute approximate surface area is 136 Å². The number of thiol groups is 1. The predicted octanol–water partition coefficient (Wildman–Crippen LogP) is 4.65. The molecular weight excluding hydrogens is 296 g/mol. The molecule has 0 saturated carbocycles. The van der Waals surface area contributed by atoms with Crippen LogP contribution < -0.4 is 4.74 Å². The van der Waals surface area contributed by atoms with E-state index in [2.05, 4.69) is 12.6 Å². The van der Waals surface area contributed by atoms with Crippen molar-refractivity contribution in [1.29, 1.82) is 0 Å². The summed E-state index contributed by atoms with van der Waals surface area (Å²) in [5.41, 5.74) is 0.437. The summed E-state index contributed by atoms with van der Waals surface area (Å²) in [6, 6.07) is 14.9. The number of rotatable bonds is 4. The number of carbonyl (C=O) groups excluding carboxylic acids is 1. The summed E-state index contributed by atoms with van der Waals surface area (Å²) in [5, 5.41) is 0. The van der Waals surface area contributed by atoms with Crippen molar-refractivity contribution in [3.05, 3.63) is 54.1 Å². The summed E-state index contributed by atoms with van der Waals surface area (Å²) >= 11 is 4.23. The summed E-state index contributed by atoms with van der Waals surface area (Å²) in [4.78, 5) is 12.7. The van der Waals surface area contributed by atoms with E-state index in [0.717, 1.165) is 22.0 Å². The fourth-order valence-corrected chi connectivity index (χ4v) is 2.02. The maximum atomic E-state index is 11.8. The van der Waals surface area contributed by atoms with Crippen LogP contribution in [0.2, 0.25) is 0 Å². The van der Waals surface area contributed by atoms with E-state index in [9.17, 15) is 4.79 Å². The molecule has 22 heavy (non-hydrogen) atoms. The molecule has 0 saturated heterocycles. The molecule has 2 aromatic carbocycles. The molecule has 0 N–H and O–H groups in total. The van der Waals surface area contributed by atoms with E-state index in [1.807, 2.05) is 69.3 Å². The van der Waals surface area contributed by atoms with Gasteiger partial charge < -0.3 is 9.47 Å². The molecule has 0 atom stereocenters. The van der Waals surface area contributed by atoms with Crippen LogP contribution in [0.1, 0.15) is 26.3 Å². The SMILES string of the molecule is CC(C)(C)OC(=O)Cc1ccc(Oc2ccc(S)cc2)cc1. The molecule has 3 nitrogen and oxygen atoms in total. The molecule has 0 bridgehead atoms. The Morgan fingerprint density at radius 2 is 1.45 bits per heavy atom. The molecule has 0 amide bonds. The Morgan fingerprint density at radius 1 is 0.955 bits per heavy atom. The van der Waals surface area contributed by atoms with Crippen LogP contribution in [-0.2, 0) is 16.0 Å². The van der Waals surface area contributed by atoms with Crippen LogP contribution >= 0.6 is 12.6 Å². The smallest absolute Gasteiger partial charge is 0.310 e. The van der Waals surface area contributed by atoms with Crippen LogP contribution in [0.3, 0.4) is 0 Å². The summed E-state index contributed by atoms with van der Waals surface area (Å²) in [7, 11) is 0. The zero-order valence-electron chi connectivity index (χ0n) is 13.0. The van der Waals surface area contributed by atoms with Crippen molar-refractivity contribution in [2.24, 2.45) is 0 Å². The average molecular weight is 316 g/mol. The number of hydrogen-bond acceptors (Lipinski definition) is 4. The lowest BCUT2D eigenvalue weighted by Gasteiger charge is -2.19. The standard InChI is InChI=1S/C18H20O3S/c1-18(2,3)21-17(19)12-13-4-6-14(7-5-13)20-15-8-10-16(22)11-9-15/h4-11,22H,12H2,1-3H3. The van der Waals surface area contributed by atoms with Gasteiger partial charge in [-0.1, -0.05) is 12.1 Å². The third kappa shape index (κ3) is 5.45. The number of carbonyl (C=O) groups is 1. The van der Waals surface area contributed by atoms with E-state index in [1.54, 1.807) is 0 Å². The third-order valence-electron chi connectivity index (χ3n) is 2.76. The minimum atomic E-state index is -0.459. The van der Waals surface area contributed by atoms with Crippen molar-refractivity contribution in [3.63, 3.8) is 0 Å². The third-order valence-corrected chi connectivity index (χ3v) is 3.06. The van der Waals surface area contributed by atoms with E-state index >= 15 is 0 Å². The first-order valence-corrected chi connectivity index (χ1v) is 7.54. The Hall–Kier alpha value is -1.94. The highest BCUT2D eigenvalue weighted by molar-refractivity contribution is 7.80. The maximum Gasteiger partial charge on any atom is 0.310 e. The van der Waals surface area contributed by atoms with E-state index < -0.39 is 5.60 Å². The fraction of sp³-hybridized carbons (Fsp3) is 0.278. The van der Waals surface area contributed by atoms with Gasteiger partial charge in [0.1, 0.15) is 17.1 Å². The first-order valence-electron chi connectivity index (χ1n) is 7.09. The molecular formula is C18H20O3S. The van der Waals surface area contributed by atoms with Gasteiger partial charge in [0.15, 0.2) is 0 Å². The van der Waals surface area contributed by atoms with Crippen LogP contribution in [0.4, 0.5) is 0 Å².